The van der Waals surface area contributed by atoms with Gasteiger partial charge in [0.1, 0.15) is 0 Å². The highest BCUT2D eigenvalue weighted by atomic mass is 35.5. The molecule has 0 atom stereocenters. The van der Waals surface area contributed by atoms with E-state index in [0.717, 1.165) is 53.6 Å². The molecule has 0 bridgehead atoms. The van der Waals surface area contributed by atoms with Gasteiger partial charge in [0.15, 0.2) is 5.13 Å². The molecule has 0 aliphatic carbocycles. The van der Waals surface area contributed by atoms with E-state index >= 15 is 0 Å². The summed E-state index contributed by atoms with van der Waals surface area (Å²) >= 11 is 1.76. The number of aromatic nitrogens is 3. The number of hydrogen-bond acceptors (Lipinski definition) is 7. The molecular formula is C21H22ClN5OS. The van der Waals surface area contributed by atoms with Crippen LogP contribution in [0.2, 0.25) is 0 Å². The van der Waals surface area contributed by atoms with Gasteiger partial charge in [-0.1, -0.05) is 52.9 Å². The molecule has 0 radical (unpaired) electrons. The Morgan fingerprint density at radius 3 is 2.52 bits per heavy atom. The standard InChI is InChI=1S/C21H21N5OS.ClH/c22-13-14-5-7-15(8-6-14)19-24-20(27-25-19)16-9-11-26(12-10-16)21-23-17-3-1-2-4-18(17)28-21;/h1-8,16H,9-13,22H2;1H. The number of piperidine rings is 1. The van der Waals surface area contributed by atoms with Gasteiger partial charge in [0.05, 0.1) is 10.2 Å². The minimum atomic E-state index is 0. The van der Waals surface area contributed by atoms with Gasteiger partial charge in [-0.05, 0) is 30.5 Å². The molecule has 8 heteroatoms. The Balaban J connectivity index is 0.00000205. The van der Waals surface area contributed by atoms with E-state index in [2.05, 4.69) is 33.2 Å². The quantitative estimate of drug-likeness (QED) is 0.512. The first-order valence-electron chi connectivity index (χ1n) is 9.53. The molecule has 1 aliphatic rings. The number of halogens is 1. The van der Waals surface area contributed by atoms with E-state index in [9.17, 15) is 0 Å². The SMILES string of the molecule is Cl.NCc1ccc(-c2noc(C3CCN(c4nc5ccccc5s4)CC3)n2)cc1. The zero-order chi connectivity index (χ0) is 18.9. The van der Waals surface area contributed by atoms with Crippen LogP contribution in [0.1, 0.15) is 30.2 Å². The Morgan fingerprint density at radius 2 is 1.79 bits per heavy atom. The molecule has 5 rings (SSSR count). The highest BCUT2D eigenvalue weighted by molar-refractivity contribution is 7.22. The van der Waals surface area contributed by atoms with Crippen molar-refractivity contribution < 1.29 is 4.52 Å². The number of fused-ring (bicyclic) bond motifs is 1. The maximum atomic E-state index is 5.66. The van der Waals surface area contributed by atoms with Gasteiger partial charge in [-0.2, -0.15) is 4.98 Å². The molecule has 3 heterocycles. The van der Waals surface area contributed by atoms with Crippen molar-refractivity contribution >= 4 is 39.1 Å². The number of benzene rings is 2. The molecule has 4 aromatic rings. The zero-order valence-corrected chi connectivity index (χ0v) is 17.5. The molecule has 1 aliphatic heterocycles. The van der Waals surface area contributed by atoms with Crippen molar-refractivity contribution in [3.63, 3.8) is 0 Å². The first-order chi connectivity index (χ1) is 13.8. The van der Waals surface area contributed by atoms with E-state index in [1.165, 1.54) is 4.70 Å². The third-order valence-corrected chi connectivity index (χ3v) is 6.38. The summed E-state index contributed by atoms with van der Waals surface area (Å²) in [5, 5.41) is 5.28. The van der Waals surface area contributed by atoms with Crippen LogP contribution < -0.4 is 10.6 Å². The molecule has 29 heavy (non-hydrogen) atoms. The van der Waals surface area contributed by atoms with Gasteiger partial charge in [0.2, 0.25) is 11.7 Å². The fraction of sp³-hybridized carbons (Fsp3) is 0.286. The lowest BCUT2D eigenvalue weighted by molar-refractivity contribution is 0.329. The molecule has 2 aromatic heterocycles. The van der Waals surface area contributed by atoms with Gasteiger partial charge in [-0.15, -0.1) is 12.4 Å². The molecule has 150 valence electrons. The lowest BCUT2D eigenvalue weighted by Gasteiger charge is -2.29. The van der Waals surface area contributed by atoms with Crippen LogP contribution in [-0.4, -0.2) is 28.2 Å². The molecule has 1 fully saturated rings. The van der Waals surface area contributed by atoms with E-state index < -0.39 is 0 Å². The normalized spacial score (nSPS) is 14.9. The second kappa shape index (κ2) is 8.49. The van der Waals surface area contributed by atoms with Crippen LogP contribution >= 0.6 is 23.7 Å². The third-order valence-electron chi connectivity index (χ3n) is 5.29. The summed E-state index contributed by atoms with van der Waals surface area (Å²) < 4.78 is 6.82. The van der Waals surface area contributed by atoms with Gasteiger partial charge < -0.3 is 15.2 Å². The second-order valence-corrected chi connectivity index (χ2v) is 8.09. The number of nitrogens with two attached hydrogens (primary N) is 1. The predicted octanol–water partition coefficient (Wildman–Crippen LogP) is 4.61. The lowest BCUT2D eigenvalue weighted by Crippen LogP contribution is -2.32. The van der Waals surface area contributed by atoms with Gasteiger partial charge in [0, 0.05) is 31.1 Å². The average molecular weight is 428 g/mol. The Labute approximate surface area is 179 Å². The van der Waals surface area contributed by atoms with Crippen LogP contribution in [-0.2, 0) is 6.54 Å². The van der Waals surface area contributed by atoms with Crippen molar-refractivity contribution in [2.75, 3.05) is 18.0 Å². The number of hydrogen-bond donors (Lipinski definition) is 1. The van der Waals surface area contributed by atoms with Crippen LogP contribution in [0.25, 0.3) is 21.6 Å². The van der Waals surface area contributed by atoms with Crippen molar-refractivity contribution in [1.29, 1.82) is 0 Å². The van der Waals surface area contributed by atoms with Crippen LogP contribution in [0.3, 0.4) is 0 Å². The van der Waals surface area contributed by atoms with Crippen molar-refractivity contribution in [2.24, 2.45) is 5.73 Å². The Hall–Kier alpha value is -2.48. The fourth-order valence-electron chi connectivity index (χ4n) is 3.62. The molecule has 2 N–H and O–H groups in total. The van der Waals surface area contributed by atoms with Gasteiger partial charge in [-0.3, -0.25) is 0 Å². The summed E-state index contributed by atoms with van der Waals surface area (Å²) in [6.07, 6.45) is 1.98. The maximum Gasteiger partial charge on any atom is 0.230 e. The summed E-state index contributed by atoms with van der Waals surface area (Å²) in [7, 11) is 0. The van der Waals surface area contributed by atoms with Crippen LogP contribution in [0.15, 0.2) is 53.1 Å². The summed E-state index contributed by atoms with van der Waals surface area (Å²) in [5.41, 5.74) is 8.78. The van der Waals surface area contributed by atoms with Crippen LogP contribution in [0, 0.1) is 0 Å². The van der Waals surface area contributed by atoms with E-state index in [1.807, 2.05) is 30.3 Å². The minimum absolute atomic E-state index is 0. The Kier molecular flexibility index (Phi) is 5.80. The number of para-hydroxylation sites is 1. The highest BCUT2D eigenvalue weighted by Gasteiger charge is 2.26. The number of thiazole rings is 1. The number of nitrogens with zero attached hydrogens (tertiary/aromatic N) is 4. The molecule has 1 saturated heterocycles. The highest BCUT2D eigenvalue weighted by Crippen LogP contribution is 2.34. The van der Waals surface area contributed by atoms with Crippen LogP contribution in [0.5, 0.6) is 0 Å². The Morgan fingerprint density at radius 1 is 1.03 bits per heavy atom. The maximum absolute atomic E-state index is 5.66. The van der Waals surface area contributed by atoms with Crippen LogP contribution in [0.4, 0.5) is 5.13 Å². The largest absolute Gasteiger partial charge is 0.348 e. The molecule has 0 saturated carbocycles. The minimum Gasteiger partial charge on any atom is -0.348 e. The van der Waals surface area contributed by atoms with E-state index in [0.29, 0.717) is 18.3 Å². The van der Waals surface area contributed by atoms with E-state index in [-0.39, 0.29) is 12.4 Å². The molecule has 6 nitrogen and oxygen atoms in total. The molecule has 2 aromatic carbocycles. The van der Waals surface area contributed by atoms with Crippen molar-refractivity contribution in [2.45, 2.75) is 25.3 Å². The van der Waals surface area contributed by atoms with Gasteiger partial charge in [0.25, 0.3) is 0 Å². The topological polar surface area (TPSA) is 81.1 Å². The van der Waals surface area contributed by atoms with Crippen molar-refractivity contribution in [3.05, 3.63) is 60.0 Å². The monoisotopic (exact) mass is 427 g/mol. The number of rotatable bonds is 4. The fourth-order valence-corrected chi connectivity index (χ4v) is 4.64. The van der Waals surface area contributed by atoms with Crippen molar-refractivity contribution in [3.8, 4) is 11.4 Å². The first-order valence-corrected chi connectivity index (χ1v) is 10.4. The summed E-state index contributed by atoms with van der Waals surface area (Å²) in [4.78, 5) is 11.8. The van der Waals surface area contributed by atoms with E-state index in [1.54, 1.807) is 11.3 Å². The second-order valence-electron chi connectivity index (χ2n) is 7.08. The molecule has 0 amide bonds. The smallest absolute Gasteiger partial charge is 0.230 e. The lowest BCUT2D eigenvalue weighted by atomic mass is 9.97. The summed E-state index contributed by atoms with van der Waals surface area (Å²) in [6, 6.07) is 16.3. The average Bonchev–Trinajstić information content (AvgIpc) is 3.41. The molecule has 0 unspecified atom stereocenters. The predicted molar refractivity (Wildman–Crippen MR) is 119 cm³/mol. The molecule has 0 spiro atoms. The van der Waals surface area contributed by atoms with Crippen molar-refractivity contribution in [1.82, 2.24) is 15.1 Å². The van der Waals surface area contributed by atoms with Gasteiger partial charge >= 0.3 is 0 Å². The third kappa shape index (κ3) is 3.99. The summed E-state index contributed by atoms with van der Waals surface area (Å²) in [6.45, 7) is 2.44. The van der Waals surface area contributed by atoms with Gasteiger partial charge in [-0.25, -0.2) is 4.98 Å². The first kappa shape index (κ1) is 19.8. The molecular weight excluding hydrogens is 406 g/mol. The number of anilines is 1. The summed E-state index contributed by atoms with van der Waals surface area (Å²) in [5.74, 6) is 1.68. The zero-order valence-electron chi connectivity index (χ0n) is 15.8. The van der Waals surface area contributed by atoms with E-state index in [4.69, 9.17) is 15.2 Å². The Bertz CT molecular complexity index is 1050.